The molecule has 7 nitrogen and oxygen atoms in total. The molecule has 0 aromatic carbocycles. The summed E-state index contributed by atoms with van der Waals surface area (Å²) < 4.78 is 0. The van der Waals surface area contributed by atoms with Gasteiger partial charge in [0.2, 0.25) is 5.91 Å². The molecule has 3 amide bonds. The van der Waals surface area contributed by atoms with Crippen molar-refractivity contribution in [3.63, 3.8) is 0 Å². The number of hydrogen-bond acceptors (Lipinski definition) is 3. The minimum atomic E-state index is -1.05. The van der Waals surface area contributed by atoms with E-state index in [9.17, 15) is 14.4 Å². The highest BCUT2D eigenvalue weighted by Crippen LogP contribution is 2.25. The van der Waals surface area contributed by atoms with Gasteiger partial charge in [-0.1, -0.05) is 0 Å². The van der Waals surface area contributed by atoms with E-state index in [0.29, 0.717) is 19.5 Å². The zero-order chi connectivity index (χ0) is 13.1. The Hall–Kier alpha value is -1.79. The molecule has 0 spiro atoms. The molecule has 18 heavy (non-hydrogen) atoms. The first kappa shape index (κ1) is 12.7. The molecular formula is C11H17N3O4. The number of nitrogens with zero attached hydrogens (tertiary/aromatic N) is 1. The average molecular weight is 255 g/mol. The molecule has 2 aliphatic rings. The molecular weight excluding hydrogens is 238 g/mol. The second-order valence-electron chi connectivity index (χ2n) is 4.76. The van der Waals surface area contributed by atoms with Crippen molar-refractivity contribution in [3.05, 3.63) is 0 Å². The Morgan fingerprint density at radius 3 is 2.94 bits per heavy atom. The van der Waals surface area contributed by atoms with Gasteiger partial charge in [-0.15, -0.1) is 0 Å². The Labute approximate surface area is 105 Å². The molecule has 2 atom stereocenters. The van der Waals surface area contributed by atoms with Crippen LogP contribution in [-0.2, 0) is 9.59 Å². The SMILES string of the molecule is O=C(O)CNC(=O)N1CCC2NC(=O)CCC2C1. The Morgan fingerprint density at radius 2 is 2.22 bits per heavy atom. The third kappa shape index (κ3) is 2.91. The lowest BCUT2D eigenvalue weighted by molar-refractivity contribution is -0.135. The molecule has 2 aliphatic heterocycles. The van der Waals surface area contributed by atoms with E-state index >= 15 is 0 Å². The molecule has 2 fully saturated rings. The van der Waals surface area contributed by atoms with E-state index in [-0.39, 0.29) is 30.4 Å². The number of piperidine rings is 2. The van der Waals surface area contributed by atoms with E-state index in [2.05, 4.69) is 10.6 Å². The lowest BCUT2D eigenvalue weighted by Crippen LogP contribution is -2.56. The van der Waals surface area contributed by atoms with Crippen LogP contribution in [0.3, 0.4) is 0 Å². The molecule has 0 bridgehead atoms. The first-order valence-electron chi connectivity index (χ1n) is 6.10. The number of carboxylic acids is 1. The second-order valence-corrected chi connectivity index (χ2v) is 4.76. The Morgan fingerprint density at radius 1 is 1.44 bits per heavy atom. The van der Waals surface area contributed by atoms with Crippen molar-refractivity contribution in [2.24, 2.45) is 5.92 Å². The standard InChI is InChI=1S/C11H17N3O4/c15-9-2-1-7-6-14(4-3-8(7)13-9)11(18)12-5-10(16)17/h7-8H,1-6H2,(H,12,18)(H,13,15)(H,16,17). The molecule has 0 aliphatic carbocycles. The largest absolute Gasteiger partial charge is 0.480 e. The maximum atomic E-state index is 11.7. The molecule has 3 N–H and O–H groups in total. The van der Waals surface area contributed by atoms with Crippen molar-refractivity contribution in [1.82, 2.24) is 15.5 Å². The number of hydrogen-bond donors (Lipinski definition) is 3. The van der Waals surface area contributed by atoms with Crippen LogP contribution < -0.4 is 10.6 Å². The summed E-state index contributed by atoms with van der Waals surface area (Å²) in [5.74, 6) is -0.685. The monoisotopic (exact) mass is 255 g/mol. The van der Waals surface area contributed by atoms with Gasteiger partial charge in [0.1, 0.15) is 6.54 Å². The summed E-state index contributed by atoms with van der Waals surface area (Å²) in [6.07, 6.45) is 2.03. The highest BCUT2D eigenvalue weighted by atomic mass is 16.4. The van der Waals surface area contributed by atoms with Crippen LogP contribution in [0.4, 0.5) is 4.79 Å². The van der Waals surface area contributed by atoms with Gasteiger partial charge in [0, 0.05) is 25.6 Å². The van der Waals surface area contributed by atoms with Gasteiger partial charge in [0.05, 0.1) is 0 Å². The second kappa shape index (κ2) is 5.24. The molecule has 2 rings (SSSR count). The number of likely N-dealkylation sites (tertiary alicyclic amines) is 1. The van der Waals surface area contributed by atoms with E-state index in [1.807, 2.05) is 0 Å². The van der Waals surface area contributed by atoms with Crippen molar-refractivity contribution in [2.75, 3.05) is 19.6 Å². The fourth-order valence-electron chi connectivity index (χ4n) is 2.56. The fourth-order valence-corrected chi connectivity index (χ4v) is 2.56. The van der Waals surface area contributed by atoms with Crippen LogP contribution in [0, 0.1) is 5.92 Å². The molecule has 2 unspecified atom stereocenters. The van der Waals surface area contributed by atoms with E-state index < -0.39 is 5.97 Å². The van der Waals surface area contributed by atoms with Crippen molar-refractivity contribution >= 4 is 17.9 Å². The van der Waals surface area contributed by atoms with Crippen LogP contribution in [0.2, 0.25) is 0 Å². The molecule has 0 saturated carbocycles. The third-order valence-electron chi connectivity index (χ3n) is 3.50. The minimum absolute atomic E-state index is 0.0834. The maximum absolute atomic E-state index is 11.7. The highest BCUT2D eigenvalue weighted by Gasteiger charge is 2.35. The number of fused-ring (bicyclic) bond motifs is 1. The predicted octanol–water partition coefficient (Wildman–Crippen LogP) is -0.619. The Bertz CT molecular complexity index is 371. The van der Waals surface area contributed by atoms with E-state index in [0.717, 1.165) is 12.8 Å². The number of carboxylic acid groups (broad SMARTS) is 1. The smallest absolute Gasteiger partial charge is 0.323 e. The Kier molecular flexibility index (Phi) is 3.69. The molecule has 100 valence electrons. The lowest BCUT2D eigenvalue weighted by Gasteiger charge is -2.41. The highest BCUT2D eigenvalue weighted by molar-refractivity contribution is 5.80. The van der Waals surface area contributed by atoms with Crippen molar-refractivity contribution < 1.29 is 19.5 Å². The van der Waals surface area contributed by atoms with E-state index in [1.54, 1.807) is 4.90 Å². The number of carbonyl (C=O) groups is 3. The van der Waals surface area contributed by atoms with Crippen LogP contribution in [0.15, 0.2) is 0 Å². The van der Waals surface area contributed by atoms with Gasteiger partial charge in [-0.05, 0) is 18.8 Å². The summed E-state index contributed by atoms with van der Waals surface area (Å²) >= 11 is 0. The average Bonchev–Trinajstić information content (AvgIpc) is 2.35. The Balaban J connectivity index is 1.85. The van der Waals surface area contributed by atoms with Crippen LogP contribution in [0.5, 0.6) is 0 Å². The van der Waals surface area contributed by atoms with Gasteiger partial charge >= 0.3 is 12.0 Å². The molecule has 7 heteroatoms. The summed E-state index contributed by atoms with van der Waals surface area (Å²) in [6.45, 7) is 0.767. The van der Waals surface area contributed by atoms with Gasteiger partial charge in [0.15, 0.2) is 0 Å². The normalized spacial score (nSPS) is 27.1. The number of nitrogens with one attached hydrogen (secondary N) is 2. The third-order valence-corrected chi connectivity index (χ3v) is 3.50. The minimum Gasteiger partial charge on any atom is -0.480 e. The number of amides is 3. The first-order valence-corrected chi connectivity index (χ1v) is 6.10. The zero-order valence-electron chi connectivity index (χ0n) is 10.0. The lowest BCUT2D eigenvalue weighted by atomic mass is 9.85. The summed E-state index contributed by atoms with van der Waals surface area (Å²) in [4.78, 5) is 34.9. The zero-order valence-corrected chi connectivity index (χ0v) is 10.0. The van der Waals surface area contributed by atoms with Crippen LogP contribution in [-0.4, -0.2) is 53.6 Å². The summed E-state index contributed by atoms with van der Waals surface area (Å²) in [5.41, 5.74) is 0. The first-order chi connectivity index (χ1) is 8.56. The fraction of sp³-hybridized carbons (Fsp3) is 0.727. The number of aliphatic carboxylic acids is 1. The summed E-state index contributed by atoms with van der Waals surface area (Å²) in [6, 6.07) is -0.178. The van der Waals surface area contributed by atoms with Crippen LogP contribution >= 0.6 is 0 Å². The van der Waals surface area contributed by atoms with Gasteiger partial charge < -0.3 is 20.6 Å². The van der Waals surface area contributed by atoms with Gasteiger partial charge in [-0.3, -0.25) is 9.59 Å². The van der Waals surface area contributed by atoms with Crippen molar-refractivity contribution in [2.45, 2.75) is 25.3 Å². The van der Waals surface area contributed by atoms with Crippen molar-refractivity contribution in [1.29, 1.82) is 0 Å². The van der Waals surface area contributed by atoms with E-state index in [1.165, 1.54) is 0 Å². The summed E-state index contributed by atoms with van der Waals surface area (Å²) in [5, 5.41) is 13.8. The molecule has 0 aromatic heterocycles. The predicted molar refractivity (Wildman–Crippen MR) is 61.9 cm³/mol. The maximum Gasteiger partial charge on any atom is 0.323 e. The van der Waals surface area contributed by atoms with Gasteiger partial charge in [-0.2, -0.15) is 0 Å². The number of urea groups is 1. The van der Waals surface area contributed by atoms with Crippen LogP contribution in [0.25, 0.3) is 0 Å². The van der Waals surface area contributed by atoms with Gasteiger partial charge in [-0.25, -0.2) is 4.79 Å². The van der Waals surface area contributed by atoms with E-state index in [4.69, 9.17) is 5.11 Å². The summed E-state index contributed by atoms with van der Waals surface area (Å²) in [7, 11) is 0. The molecule has 2 saturated heterocycles. The topological polar surface area (TPSA) is 98.7 Å². The molecule has 0 radical (unpaired) electrons. The number of rotatable bonds is 2. The van der Waals surface area contributed by atoms with Crippen molar-refractivity contribution in [3.8, 4) is 0 Å². The quantitative estimate of drug-likeness (QED) is 0.612. The van der Waals surface area contributed by atoms with Crippen LogP contribution in [0.1, 0.15) is 19.3 Å². The number of carbonyl (C=O) groups excluding carboxylic acids is 2. The molecule has 2 heterocycles. The van der Waals surface area contributed by atoms with Gasteiger partial charge in [0.25, 0.3) is 0 Å². The molecule has 0 aromatic rings.